The van der Waals surface area contributed by atoms with Gasteiger partial charge in [-0.2, -0.15) is 0 Å². The number of nitrogens with one attached hydrogen (secondary N) is 2. The molecule has 2 N–H and O–H groups in total. The van der Waals surface area contributed by atoms with Crippen molar-refractivity contribution in [3.8, 4) is 22.3 Å². The number of hydrogen-bond donors (Lipinski definition) is 2. The molecule has 0 amide bonds. The SMILES string of the molecule is C=Cc1c(/C=C\C)[nH]c2c(-c3c(C)cccc3C)c(-c3c(C)cccc3C)c3c4ccccc4[nH]c3c12. The molecule has 6 aromatic rings. The lowest BCUT2D eigenvalue weighted by Crippen LogP contribution is -1.97. The highest BCUT2D eigenvalue weighted by Gasteiger charge is 2.27. The van der Waals surface area contributed by atoms with Crippen molar-refractivity contribution in [1.82, 2.24) is 9.97 Å². The largest absolute Gasteiger partial charge is 0.354 e. The molecule has 0 unspecified atom stereocenters. The summed E-state index contributed by atoms with van der Waals surface area (Å²) in [6.07, 6.45) is 6.23. The Morgan fingerprint density at radius 2 is 1.22 bits per heavy atom. The molecule has 0 bridgehead atoms. The Labute approximate surface area is 218 Å². The van der Waals surface area contributed by atoms with Crippen molar-refractivity contribution in [3.05, 3.63) is 107 Å². The molecule has 6 rings (SSSR count). The predicted octanol–water partition coefficient (Wildman–Crippen LogP) is 10.0. The third kappa shape index (κ3) is 3.33. The lowest BCUT2D eigenvalue weighted by molar-refractivity contribution is 1.35. The van der Waals surface area contributed by atoms with Crippen molar-refractivity contribution in [2.75, 3.05) is 0 Å². The van der Waals surface area contributed by atoms with Gasteiger partial charge in [0.1, 0.15) is 0 Å². The van der Waals surface area contributed by atoms with E-state index in [1.165, 1.54) is 60.7 Å². The lowest BCUT2D eigenvalue weighted by atomic mass is 9.82. The zero-order valence-electron chi connectivity index (χ0n) is 22.2. The molecule has 0 fully saturated rings. The van der Waals surface area contributed by atoms with Crippen LogP contribution < -0.4 is 0 Å². The summed E-state index contributed by atoms with van der Waals surface area (Å²) in [6.45, 7) is 15.2. The van der Waals surface area contributed by atoms with Crippen molar-refractivity contribution in [1.29, 1.82) is 0 Å². The molecule has 2 heteroatoms. The first-order valence-electron chi connectivity index (χ1n) is 13.0. The molecule has 4 aromatic carbocycles. The molecule has 182 valence electrons. The Morgan fingerprint density at radius 1 is 0.622 bits per heavy atom. The summed E-state index contributed by atoms with van der Waals surface area (Å²) in [5.74, 6) is 0. The number of aromatic amines is 2. The van der Waals surface area contributed by atoms with Crippen LogP contribution in [-0.2, 0) is 0 Å². The number of hydrogen-bond acceptors (Lipinski definition) is 0. The number of benzene rings is 4. The fourth-order valence-corrected chi connectivity index (χ4v) is 6.25. The van der Waals surface area contributed by atoms with Crippen molar-refractivity contribution >= 4 is 44.9 Å². The van der Waals surface area contributed by atoms with Crippen LogP contribution in [0.25, 0.3) is 67.1 Å². The maximum absolute atomic E-state index is 4.24. The zero-order valence-corrected chi connectivity index (χ0v) is 22.2. The highest BCUT2D eigenvalue weighted by molar-refractivity contribution is 6.29. The number of aromatic nitrogens is 2. The summed E-state index contributed by atoms with van der Waals surface area (Å²) in [4.78, 5) is 7.66. The third-order valence-electron chi connectivity index (χ3n) is 7.77. The van der Waals surface area contributed by atoms with E-state index in [1.54, 1.807) is 0 Å². The molecular formula is C35H32N2. The van der Waals surface area contributed by atoms with Gasteiger partial charge in [-0.3, -0.25) is 0 Å². The van der Waals surface area contributed by atoms with Crippen LogP contribution in [0.3, 0.4) is 0 Å². The first-order chi connectivity index (χ1) is 18.0. The van der Waals surface area contributed by atoms with Crippen LogP contribution in [0.15, 0.2) is 73.3 Å². The topological polar surface area (TPSA) is 31.6 Å². The van der Waals surface area contributed by atoms with E-state index in [2.05, 4.69) is 124 Å². The van der Waals surface area contributed by atoms with Crippen molar-refractivity contribution in [3.63, 3.8) is 0 Å². The Balaban J connectivity index is 2.03. The van der Waals surface area contributed by atoms with Gasteiger partial charge in [0.25, 0.3) is 0 Å². The number of rotatable bonds is 4. The van der Waals surface area contributed by atoms with E-state index in [0.717, 1.165) is 27.8 Å². The molecule has 0 aliphatic heterocycles. The van der Waals surface area contributed by atoms with E-state index in [9.17, 15) is 0 Å². The number of H-pyrrole nitrogens is 2. The summed E-state index contributed by atoms with van der Waals surface area (Å²) < 4.78 is 0. The van der Waals surface area contributed by atoms with Crippen LogP contribution >= 0.6 is 0 Å². The van der Waals surface area contributed by atoms with Gasteiger partial charge in [-0.15, -0.1) is 0 Å². The van der Waals surface area contributed by atoms with E-state index < -0.39 is 0 Å². The maximum Gasteiger partial charge on any atom is 0.0573 e. The van der Waals surface area contributed by atoms with Crippen molar-refractivity contribution in [2.24, 2.45) is 0 Å². The Morgan fingerprint density at radius 3 is 1.81 bits per heavy atom. The Bertz CT molecular complexity index is 1850. The summed E-state index contributed by atoms with van der Waals surface area (Å²) >= 11 is 0. The molecule has 2 nitrogen and oxygen atoms in total. The monoisotopic (exact) mass is 480 g/mol. The minimum absolute atomic E-state index is 1.08. The summed E-state index contributed by atoms with van der Waals surface area (Å²) in [5, 5.41) is 3.71. The minimum Gasteiger partial charge on any atom is -0.354 e. The summed E-state index contributed by atoms with van der Waals surface area (Å²) in [7, 11) is 0. The normalized spacial score (nSPS) is 11.9. The van der Waals surface area contributed by atoms with Crippen molar-refractivity contribution in [2.45, 2.75) is 34.6 Å². The second-order valence-electron chi connectivity index (χ2n) is 10.1. The van der Waals surface area contributed by atoms with Gasteiger partial charge in [0.15, 0.2) is 0 Å². The molecule has 0 aliphatic carbocycles. The van der Waals surface area contributed by atoms with Gasteiger partial charge in [-0.05, 0) is 80.1 Å². The van der Waals surface area contributed by atoms with Crippen LogP contribution in [0.5, 0.6) is 0 Å². The number of fused-ring (bicyclic) bond motifs is 5. The molecule has 0 spiro atoms. The number of aryl methyl sites for hydroxylation is 4. The van der Waals surface area contributed by atoms with E-state index in [4.69, 9.17) is 0 Å². The summed E-state index contributed by atoms with van der Waals surface area (Å²) in [5.41, 5.74) is 15.9. The first-order valence-corrected chi connectivity index (χ1v) is 13.0. The molecule has 0 aliphatic rings. The highest BCUT2D eigenvalue weighted by atomic mass is 14.8. The molecule has 2 aromatic heterocycles. The number of para-hydroxylation sites is 1. The van der Waals surface area contributed by atoms with Gasteiger partial charge in [-0.1, -0.05) is 73.3 Å². The molecule has 0 radical (unpaired) electrons. The standard InChI is InChI=1S/C35H32N2/c1-7-13-26-24(8-2)31-34-30(25-18-9-10-19-27(25)37-34)32(28-20(3)14-11-15-21(28)4)33(35(31)36-26)29-22(5)16-12-17-23(29)6/h7-19,36-37H,2H2,1,3-6H3/b13-7-. The van der Waals surface area contributed by atoms with E-state index in [-0.39, 0.29) is 0 Å². The molecule has 0 saturated heterocycles. The first kappa shape index (κ1) is 23.1. The quantitative estimate of drug-likeness (QED) is 0.251. The fourth-order valence-electron chi connectivity index (χ4n) is 6.25. The smallest absolute Gasteiger partial charge is 0.0573 e. The Kier molecular flexibility index (Phi) is 5.42. The van der Waals surface area contributed by atoms with Gasteiger partial charge in [0.05, 0.1) is 11.0 Å². The van der Waals surface area contributed by atoms with Gasteiger partial charge in [0.2, 0.25) is 0 Å². The van der Waals surface area contributed by atoms with E-state index in [1.807, 2.05) is 6.08 Å². The molecule has 0 atom stereocenters. The minimum atomic E-state index is 1.08. The number of allylic oxidation sites excluding steroid dienone is 1. The lowest BCUT2D eigenvalue weighted by Gasteiger charge is -2.21. The van der Waals surface area contributed by atoms with Gasteiger partial charge in [0, 0.05) is 44.1 Å². The molecular weight excluding hydrogens is 448 g/mol. The van der Waals surface area contributed by atoms with Crippen molar-refractivity contribution < 1.29 is 0 Å². The van der Waals surface area contributed by atoms with Crippen LogP contribution in [0.1, 0.15) is 40.4 Å². The second kappa shape index (κ2) is 8.67. The molecule has 2 heterocycles. The fraction of sp³-hybridized carbons (Fsp3) is 0.143. The average Bonchev–Trinajstić information content (AvgIpc) is 3.43. The van der Waals surface area contributed by atoms with Gasteiger partial charge < -0.3 is 9.97 Å². The maximum atomic E-state index is 4.24. The van der Waals surface area contributed by atoms with Crippen LogP contribution in [0.4, 0.5) is 0 Å². The predicted molar refractivity (Wildman–Crippen MR) is 162 cm³/mol. The average molecular weight is 481 g/mol. The summed E-state index contributed by atoms with van der Waals surface area (Å²) in [6, 6.07) is 21.9. The van der Waals surface area contributed by atoms with E-state index >= 15 is 0 Å². The third-order valence-corrected chi connectivity index (χ3v) is 7.77. The molecule has 37 heavy (non-hydrogen) atoms. The highest BCUT2D eigenvalue weighted by Crippen LogP contribution is 2.50. The van der Waals surface area contributed by atoms with Crippen LogP contribution in [0, 0.1) is 27.7 Å². The second-order valence-corrected chi connectivity index (χ2v) is 10.1. The zero-order chi connectivity index (χ0) is 25.8. The van der Waals surface area contributed by atoms with Gasteiger partial charge >= 0.3 is 0 Å². The molecule has 0 saturated carbocycles. The van der Waals surface area contributed by atoms with E-state index in [0.29, 0.717) is 0 Å². The van der Waals surface area contributed by atoms with Crippen LogP contribution in [-0.4, -0.2) is 9.97 Å². The van der Waals surface area contributed by atoms with Crippen LogP contribution in [0.2, 0.25) is 0 Å². The van der Waals surface area contributed by atoms with Gasteiger partial charge in [-0.25, -0.2) is 0 Å². The Hall–Kier alpha value is -4.30.